The maximum absolute atomic E-state index is 12.7. The summed E-state index contributed by atoms with van der Waals surface area (Å²) in [5, 5.41) is 4.65. The van der Waals surface area contributed by atoms with Crippen molar-refractivity contribution in [1.29, 1.82) is 0 Å². The summed E-state index contributed by atoms with van der Waals surface area (Å²) in [5.41, 5.74) is 0.664. The number of carbonyl (C=O) groups excluding carboxylic acids is 1. The number of aliphatic imine (C=N–C) groups is 1. The molecule has 0 fully saturated rings. The summed E-state index contributed by atoms with van der Waals surface area (Å²) in [6.45, 7) is 7.30. The molecule has 7 heteroatoms. The molecule has 0 saturated heterocycles. The predicted molar refractivity (Wildman–Crippen MR) is 109 cm³/mol. The quantitative estimate of drug-likeness (QED) is 0.591. The average molecular weight is 383 g/mol. The van der Waals surface area contributed by atoms with Gasteiger partial charge in [-0.25, -0.2) is 0 Å². The first-order chi connectivity index (χ1) is 12.6. The van der Waals surface area contributed by atoms with Gasteiger partial charge in [0.25, 0.3) is 5.91 Å². The smallest absolute Gasteiger partial charge is 0.281 e. The number of hydrogen-bond acceptors (Lipinski definition) is 5. The maximum atomic E-state index is 12.7. The number of nitrogens with one attached hydrogen (secondary N) is 2. The second kappa shape index (κ2) is 8.27. The van der Waals surface area contributed by atoms with Crippen LogP contribution in [0.2, 0.25) is 0 Å². The van der Waals surface area contributed by atoms with E-state index in [0.717, 1.165) is 10.8 Å². The summed E-state index contributed by atoms with van der Waals surface area (Å²) < 4.78 is 15.6. The van der Waals surface area contributed by atoms with Crippen LogP contribution >= 0.6 is 11.8 Å². The summed E-state index contributed by atoms with van der Waals surface area (Å²) >= 11 is -0.349. The van der Waals surface area contributed by atoms with Gasteiger partial charge in [0.15, 0.2) is 10.3 Å². The van der Waals surface area contributed by atoms with Crippen molar-refractivity contribution in [2.45, 2.75) is 10.3 Å². The van der Waals surface area contributed by atoms with E-state index in [9.17, 15) is 9.35 Å². The molecule has 0 aromatic heterocycles. The summed E-state index contributed by atoms with van der Waals surface area (Å²) in [4.78, 5) is 16.7. The first-order valence-electron chi connectivity index (χ1n) is 7.79. The third-order valence-corrected chi connectivity index (χ3v) is 5.85. The van der Waals surface area contributed by atoms with Crippen molar-refractivity contribution in [3.05, 3.63) is 79.5 Å². The van der Waals surface area contributed by atoms with Crippen molar-refractivity contribution in [2.24, 2.45) is 4.99 Å². The maximum Gasteiger partial charge on any atom is 0.281 e. The average Bonchev–Trinajstić information content (AvgIpc) is 2.99. The molecule has 2 atom stereocenters. The molecule has 1 aliphatic rings. The van der Waals surface area contributed by atoms with Gasteiger partial charge in [-0.2, -0.15) is 9.71 Å². The van der Waals surface area contributed by atoms with Gasteiger partial charge in [0.05, 0.1) is 0 Å². The Bertz CT molecular complexity index is 919. The van der Waals surface area contributed by atoms with Crippen LogP contribution in [0.15, 0.2) is 89.4 Å². The van der Waals surface area contributed by atoms with Gasteiger partial charge in [-0.05, 0) is 41.4 Å². The van der Waals surface area contributed by atoms with Gasteiger partial charge in [0, 0.05) is 11.1 Å². The minimum Gasteiger partial charge on any atom is -0.588 e. The van der Waals surface area contributed by atoms with Crippen LogP contribution in [0.1, 0.15) is 0 Å². The van der Waals surface area contributed by atoms with Crippen molar-refractivity contribution in [2.75, 3.05) is 0 Å². The number of thioether (sulfide) groups is 1. The molecule has 1 heterocycles. The van der Waals surface area contributed by atoms with Gasteiger partial charge in [0.2, 0.25) is 5.17 Å². The highest BCUT2D eigenvalue weighted by Gasteiger charge is 2.31. The van der Waals surface area contributed by atoms with Gasteiger partial charge in [-0.3, -0.25) is 4.79 Å². The zero-order chi connectivity index (χ0) is 18.5. The Kier molecular flexibility index (Phi) is 5.82. The third kappa shape index (κ3) is 4.01. The molecule has 1 amide bonds. The molecule has 0 aliphatic carbocycles. The zero-order valence-corrected chi connectivity index (χ0v) is 15.5. The van der Waals surface area contributed by atoms with Crippen molar-refractivity contribution >= 4 is 45.0 Å². The van der Waals surface area contributed by atoms with Crippen molar-refractivity contribution in [3.63, 3.8) is 0 Å². The Hall–Kier alpha value is -2.48. The molecule has 5 nitrogen and oxygen atoms in total. The molecule has 2 N–H and O–H groups in total. The van der Waals surface area contributed by atoms with Crippen molar-refractivity contribution < 1.29 is 9.35 Å². The van der Waals surface area contributed by atoms with Gasteiger partial charge in [-0.15, -0.1) is 0 Å². The van der Waals surface area contributed by atoms with Gasteiger partial charge in [0.1, 0.15) is 11.4 Å². The van der Waals surface area contributed by atoms with Gasteiger partial charge < -0.3 is 9.87 Å². The monoisotopic (exact) mass is 383 g/mol. The van der Waals surface area contributed by atoms with E-state index in [0.29, 0.717) is 15.8 Å². The molecule has 1 aliphatic heterocycles. The fraction of sp³-hybridized carbons (Fsp3) is 0.0526. The lowest BCUT2D eigenvalue weighted by Crippen LogP contribution is -2.31. The highest BCUT2D eigenvalue weighted by atomic mass is 32.2. The van der Waals surface area contributed by atoms with Crippen LogP contribution < -0.4 is 10.0 Å². The molecule has 0 spiro atoms. The Morgan fingerprint density at radius 3 is 2.77 bits per heavy atom. The highest BCUT2D eigenvalue weighted by Crippen LogP contribution is 2.25. The minimum atomic E-state index is -1.53. The fourth-order valence-electron chi connectivity index (χ4n) is 2.43. The number of amidine groups is 1. The third-order valence-electron chi connectivity index (χ3n) is 3.61. The Balaban J connectivity index is 1.72. The first-order valence-corrected chi connectivity index (χ1v) is 9.82. The molecule has 2 aromatic rings. The highest BCUT2D eigenvalue weighted by molar-refractivity contribution is 8.16. The topological polar surface area (TPSA) is 76.5 Å². The second-order valence-corrected chi connectivity index (χ2v) is 7.58. The molecule has 0 radical (unpaired) electrons. The number of hydrogen-bond donors (Lipinski definition) is 2. The summed E-state index contributed by atoms with van der Waals surface area (Å²) in [7, 11) is 0. The van der Waals surface area contributed by atoms with E-state index < -0.39 is 16.7 Å². The lowest BCUT2D eigenvalue weighted by molar-refractivity contribution is -0.117. The van der Waals surface area contributed by atoms with E-state index >= 15 is 0 Å². The van der Waals surface area contributed by atoms with Crippen molar-refractivity contribution in [1.82, 2.24) is 10.0 Å². The van der Waals surface area contributed by atoms with E-state index in [1.165, 1.54) is 11.8 Å². The lowest BCUT2D eigenvalue weighted by Gasteiger charge is -2.14. The van der Waals surface area contributed by atoms with E-state index in [4.69, 9.17) is 0 Å². The van der Waals surface area contributed by atoms with Gasteiger partial charge in [-0.1, -0.05) is 49.6 Å². The number of fused-ring (bicyclic) bond motifs is 1. The van der Waals surface area contributed by atoms with Crippen LogP contribution in [0.25, 0.3) is 10.8 Å². The molecule has 0 bridgehead atoms. The molecule has 2 aromatic carbocycles. The molecule has 2 unspecified atom stereocenters. The molecule has 26 heavy (non-hydrogen) atoms. The lowest BCUT2D eigenvalue weighted by atomic mass is 10.1. The fourth-order valence-corrected chi connectivity index (χ4v) is 4.47. The summed E-state index contributed by atoms with van der Waals surface area (Å²) in [6.07, 6.45) is 4.90. The largest absolute Gasteiger partial charge is 0.588 e. The second-order valence-electron chi connectivity index (χ2n) is 5.31. The normalized spacial score (nSPS) is 18.3. The van der Waals surface area contributed by atoms with E-state index in [-0.39, 0.29) is 5.91 Å². The van der Waals surface area contributed by atoms with E-state index in [1.54, 1.807) is 24.3 Å². The minimum absolute atomic E-state index is 0.320. The van der Waals surface area contributed by atoms with E-state index in [2.05, 4.69) is 28.2 Å². The summed E-state index contributed by atoms with van der Waals surface area (Å²) in [5.74, 6) is -0.343. The van der Waals surface area contributed by atoms with Gasteiger partial charge >= 0.3 is 0 Å². The molecular weight excluding hydrogens is 366 g/mol. The number of rotatable bonds is 6. The standard InChI is InChI=1S/C19H17N3O2S2/c1-3-8-14(4-2)20-18-17(23)21-19(25-18)22-26(24)16-12-7-10-13-9-5-6-11-15(13)16/h3-12,18,20H,1-2H2,(H,21,22,23)/b14-8+. The zero-order valence-electron chi connectivity index (χ0n) is 13.8. The Morgan fingerprint density at radius 1 is 1.23 bits per heavy atom. The first kappa shape index (κ1) is 18.3. The van der Waals surface area contributed by atoms with Crippen LogP contribution in [-0.4, -0.2) is 21.0 Å². The van der Waals surface area contributed by atoms with E-state index in [1.807, 2.05) is 36.4 Å². The molecule has 0 saturated carbocycles. The number of benzene rings is 2. The predicted octanol–water partition coefficient (Wildman–Crippen LogP) is 3.25. The molecule has 132 valence electrons. The summed E-state index contributed by atoms with van der Waals surface area (Å²) in [6, 6.07) is 13.3. The van der Waals surface area contributed by atoms with Crippen molar-refractivity contribution in [3.8, 4) is 0 Å². The number of nitrogens with zero attached hydrogens (tertiary/aromatic N) is 1. The Morgan fingerprint density at radius 2 is 2.00 bits per heavy atom. The Labute approximate surface area is 159 Å². The number of allylic oxidation sites excluding steroid dienone is 3. The SMILES string of the molecule is C=C/C=C(\C=C)NC1SC(N[S+]([O-])c2cccc3ccccc23)=NC1=O. The van der Waals surface area contributed by atoms with Crippen LogP contribution in [0.4, 0.5) is 0 Å². The van der Waals surface area contributed by atoms with Crippen LogP contribution in [0, 0.1) is 0 Å². The van der Waals surface area contributed by atoms with Crippen LogP contribution in [-0.2, 0) is 16.2 Å². The van der Waals surface area contributed by atoms with Crippen LogP contribution in [0.5, 0.6) is 0 Å². The van der Waals surface area contributed by atoms with Crippen LogP contribution in [0.3, 0.4) is 0 Å². The molecule has 3 rings (SSSR count). The number of amides is 1. The molecular formula is C19H17N3O2S2. The number of carbonyl (C=O) groups is 1.